The summed E-state index contributed by atoms with van der Waals surface area (Å²) in [6.07, 6.45) is 8.81. The lowest BCUT2D eigenvalue weighted by Crippen LogP contribution is -2.63. The Morgan fingerprint density at radius 1 is 0.867 bits per heavy atom. The molecule has 0 spiro atoms. The lowest BCUT2D eigenvalue weighted by atomic mass is 9.36. The van der Waals surface area contributed by atoms with Crippen LogP contribution in [0.25, 0.3) is 0 Å². The molecule has 0 saturated heterocycles. The summed E-state index contributed by atoms with van der Waals surface area (Å²) in [6.45, 7) is 15.8. The van der Waals surface area contributed by atoms with Gasteiger partial charge in [-0.1, -0.05) is 41.5 Å². The maximum atomic E-state index is 14.3. The van der Waals surface area contributed by atoms with Gasteiger partial charge in [0.1, 0.15) is 6.10 Å². The number of ether oxygens (including phenoxy) is 1. The molecule has 1 N–H and O–H groups in total. The molecule has 0 bridgehead atoms. The number of halogens is 2. The molecule has 5 nitrogen and oxygen atoms in total. The van der Waals surface area contributed by atoms with Crippen molar-refractivity contribution in [2.75, 3.05) is 6.54 Å². The number of esters is 1. The van der Waals surface area contributed by atoms with Crippen LogP contribution in [0.4, 0.5) is 8.78 Å². The second-order valence-electron chi connectivity index (χ2n) is 17.6. The van der Waals surface area contributed by atoms with Crippen LogP contribution in [0.5, 0.6) is 0 Å². The minimum Gasteiger partial charge on any atom is -0.462 e. The zero-order chi connectivity index (χ0) is 32.7. The molecule has 5 unspecified atom stereocenters. The third kappa shape index (κ3) is 5.14. The third-order valence-electron chi connectivity index (χ3n) is 14.7. The highest BCUT2D eigenvalue weighted by atomic mass is 19.3. The van der Waals surface area contributed by atoms with E-state index in [9.17, 15) is 23.2 Å². The highest BCUT2D eigenvalue weighted by Gasteiger charge is 2.67. The van der Waals surface area contributed by atoms with E-state index in [2.05, 4.69) is 46.9 Å². The number of ketones is 1. The van der Waals surface area contributed by atoms with Crippen LogP contribution in [-0.4, -0.2) is 36.2 Å². The first-order chi connectivity index (χ1) is 21.0. The number of carbonyl (C=O) groups is 3. The van der Waals surface area contributed by atoms with Crippen molar-refractivity contribution in [1.82, 2.24) is 5.32 Å². The van der Waals surface area contributed by atoms with Crippen molar-refractivity contribution < 1.29 is 27.9 Å². The second-order valence-corrected chi connectivity index (χ2v) is 17.6. The van der Waals surface area contributed by atoms with Gasteiger partial charge in [0.05, 0.1) is 5.41 Å². The molecule has 0 aromatic heterocycles. The number of carbonyl (C=O) groups excluding carboxylic acids is 3. The van der Waals surface area contributed by atoms with Crippen LogP contribution in [0.1, 0.15) is 132 Å². The lowest BCUT2D eigenvalue weighted by molar-refractivity contribution is -0.212. The van der Waals surface area contributed by atoms with Crippen molar-refractivity contribution in [2.24, 2.45) is 57.2 Å². The van der Waals surface area contributed by atoms with Gasteiger partial charge < -0.3 is 10.1 Å². The van der Waals surface area contributed by atoms with Crippen LogP contribution in [0.3, 0.4) is 0 Å². The van der Waals surface area contributed by atoms with Crippen molar-refractivity contribution in [1.29, 1.82) is 0 Å². The van der Waals surface area contributed by atoms with Gasteiger partial charge in [-0.3, -0.25) is 14.4 Å². The molecule has 0 heterocycles. The Balaban J connectivity index is 1.27. The number of alkyl halides is 2. The monoisotopic (exact) mass is 629 g/mol. The van der Waals surface area contributed by atoms with Gasteiger partial charge in [0.2, 0.25) is 11.8 Å². The Labute approximate surface area is 269 Å². The fraction of sp³-hybridized carbons (Fsp3) is 0.868. The average molecular weight is 630 g/mol. The van der Waals surface area contributed by atoms with Crippen LogP contribution >= 0.6 is 0 Å². The molecule has 6 rings (SSSR count). The Morgan fingerprint density at radius 3 is 2.18 bits per heavy atom. The van der Waals surface area contributed by atoms with Gasteiger partial charge in [0, 0.05) is 38.1 Å². The quantitative estimate of drug-likeness (QED) is 0.310. The summed E-state index contributed by atoms with van der Waals surface area (Å²) in [5.74, 6) is -0.842. The molecular formula is C38H57F2NO4. The first-order valence-corrected chi connectivity index (χ1v) is 18.1. The van der Waals surface area contributed by atoms with Crippen LogP contribution in [0, 0.1) is 57.2 Å². The molecule has 45 heavy (non-hydrogen) atoms. The summed E-state index contributed by atoms with van der Waals surface area (Å²) in [4.78, 5) is 40.0. The van der Waals surface area contributed by atoms with E-state index >= 15 is 0 Å². The number of rotatable bonds is 5. The Hall–Kier alpha value is -1.79. The van der Waals surface area contributed by atoms with E-state index in [1.165, 1.54) is 6.92 Å². The topological polar surface area (TPSA) is 72.5 Å². The van der Waals surface area contributed by atoms with Gasteiger partial charge in [0.25, 0.3) is 0 Å². The van der Waals surface area contributed by atoms with Crippen molar-refractivity contribution in [3.8, 4) is 0 Å². The SMILES string of the molecule is CC(=O)O[C@H]1CC[C@@]2(C)C(CC[C@@]3(C)C4CCC5(C(=O)NCC6CCC(F)(F)CC6)CC(=O)C(C(C)C)=C5C4CCC32)C1(C)C. The van der Waals surface area contributed by atoms with Gasteiger partial charge >= 0.3 is 5.97 Å². The summed E-state index contributed by atoms with van der Waals surface area (Å²) in [5.41, 5.74) is 1.46. The van der Waals surface area contributed by atoms with Gasteiger partial charge in [0.15, 0.2) is 5.78 Å². The predicted molar refractivity (Wildman–Crippen MR) is 170 cm³/mol. The summed E-state index contributed by atoms with van der Waals surface area (Å²) in [5, 5.41) is 3.22. The number of amides is 1. The largest absolute Gasteiger partial charge is 0.462 e. The van der Waals surface area contributed by atoms with Crippen molar-refractivity contribution in [2.45, 2.75) is 144 Å². The molecule has 5 fully saturated rings. The average Bonchev–Trinajstić information content (AvgIpc) is 3.27. The molecule has 0 aliphatic heterocycles. The molecule has 1 amide bonds. The normalized spacial score (nSPS) is 42.4. The zero-order valence-electron chi connectivity index (χ0n) is 28.8. The first-order valence-electron chi connectivity index (χ1n) is 18.1. The molecule has 6 aliphatic carbocycles. The smallest absolute Gasteiger partial charge is 0.302 e. The van der Waals surface area contributed by atoms with E-state index in [1.54, 1.807) is 0 Å². The fourth-order valence-electron chi connectivity index (χ4n) is 12.7. The van der Waals surface area contributed by atoms with Gasteiger partial charge in [-0.15, -0.1) is 0 Å². The van der Waals surface area contributed by atoms with Crippen molar-refractivity contribution in [3.05, 3.63) is 11.1 Å². The van der Waals surface area contributed by atoms with Crippen molar-refractivity contribution in [3.63, 3.8) is 0 Å². The number of Topliss-reactive ketones (excluding diaryl/α,β-unsaturated/α-hetero) is 1. The molecule has 0 radical (unpaired) electrons. The fourth-order valence-corrected chi connectivity index (χ4v) is 12.7. The predicted octanol–water partition coefficient (Wildman–Crippen LogP) is 8.45. The Morgan fingerprint density at radius 2 is 1.53 bits per heavy atom. The minimum absolute atomic E-state index is 0.0363. The summed E-state index contributed by atoms with van der Waals surface area (Å²) >= 11 is 0. The van der Waals surface area contributed by atoms with E-state index in [0.29, 0.717) is 43.6 Å². The number of hydrogen-bond donors (Lipinski definition) is 1. The molecule has 5 saturated carbocycles. The molecule has 252 valence electrons. The van der Waals surface area contributed by atoms with E-state index in [-0.39, 0.29) is 77.0 Å². The Kier molecular flexibility index (Phi) is 8.20. The molecule has 7 heteroatoms. The number of allylic oxidation sites excluding steroid dienone is 1. The highest BCUT2D eigenvalue weighted by molar-refractivity contribution is 6.06. The molecular weight excluding hydrogens is 572 g/mol. The molecule has 8 atom stereocenters. The maximum Gasteiger partial charge on any atom is 0.302 e. The maximum absolute atomic E-state index is 14.3. The third-order valence-corrected chi connectivity index (χ3v) is 14.7. The van der Waals surface area contributed by atoms with E-state index < -0.39 is 11.3 Å². The van der Waals surface area contributed by atoms with Gasteiger partial charge in [-0.2, -0.15) is 0 Å². The summed E-state index contributed by atoms with van der Waals surface area (Å²) in [7, 11) is 0. The van der Waals surface area contributed by atoms with E-state index in [0.717, 1.165) is 56.1 Å². The van der Waals surface area contributed by atoms with Crippen LogP contribution in [-0.2, 0) is 19.1 Å². The highest BCUT2D eigenvalue weighted by Crippen LogP contribution is 2.73. The van der Waals surface area contributed by atoms with Crippen LogP contribution in [0.15, 0.2) is 11.1 Å². The van der Waals surface area contributed by atoms with Gasteiger partial charge in [-0.25, -0.2) is 8.78 Å². The van der Waals surface area contributed by atoms with Crippen molar-refractivity contribution >= 4 is 17.7 Å². The number of nitrogens with one attached hydrogen (secondary N) is 1. The molecule has 0 aromatic carbocycles. The van der Waals surface area contributed by atoms with Crippen LogP contribution in [0.2, 0.25) is 0 Å². The Bertz CT molecular complexity index is 1260. The van der Waals surface area contributed by atoms with Crippen LogP contribution < -0.4 is 5.32 Å². The molecule has 6 aliphatic rings. The molecule has 0 aromatic rings. The standard InChI is InChI=1S/C38H57F2NO4/c1-22(2)31-27(43)20-37(33(44)41-21-24-10-18-38(39,40)19-11-24)17-12-26-25(32(31)37)8-9-29-35(26,6)15-13-28-34(4,5)30(45-23(3)42)14-16-36(28,29)7/h22,24-26,28-30H,8-21H2,1-7H3,(H,41,44)/t25?,26?,28?,29?,30-,35-,36-,37?/m0/s1. The van der Waals surface area contributed by atoms with E-state index in [1.807, 2.05) is 0 Å². The number of fused-ring (bicyclic) bond motifs is 7. The summed E-state index contributed by atoms with van der Waals surface area (Å²) in [6, 6.07) is 0. The minimum atomic E-state index is -2.58. The second kappa shape index (κ2) is 11.1. The first kappa shape index (κ1) is 33.1. The van der Waals surface area contributed by atoms with E-state index in [4.69, 9.17) is 4.74 Å². The lowest BCUT2D eigenvalue weighted by Gasteiger charge is -2.68. The zero-order valence-corrected chi connectivity index (χ0v) is 28.8. The van der Waals surface area contributed by atoms with Gasteiger partial charge in [-0.05, 0) is 122 Å². The number of hydrogen-bond acceptors (Lipinski definition) is 4. The summed E-state index contributed by atoms with van der Waals surface area (Å²) < 4.78 is 33.4.